The molecule has 2 aromatic carbocycles. The standard InChI is InChI=1S/C19H17ClN2O4/c1-13(18(24)22-19(25)21-16-5-3-2-4-6-16)26-17(23)12-9-14-7-10-15(20)11-8-14/h2-13H,1H3,(H2,21,22,24,25)/b12-9+. The van der Waals surface area contributed by atoms with Crippen LogP contribution in [0.5, 0.6) is 0 Å². The van der Waals surface area contributed by atoms with Crippen molar-refractivity contribution >= 4 is 41.3 Å². The molecule has 3 amide bonds. The second-order valence-electron chi connectivity index (χ2n) is 5.27. The second kappa shape index (κ2) is 9.39. The minimum Gasteiger partial charge on any atom is -0.449 e. The summed E-state index contributed by atoms with van der Waals surface area (Å²) in [5.41, 5.74) is 1.29. The van der Waals surface area contributed by atoms with Gasteiger partial charge in [-0.15, -0.1) is 0 Å². The van der Waals surface area contributed by atoms with E-state index in [0.29, 0.717) is 10.7 Å². The lowest BCUT2D eigenvalue weighted by Gasteiger charge is -2.12. The van der Waals surface area contributed by atoms with Gasteiger partial charge in [-0.2, -0.15) is 0 Å². The molecular formula is C19H17ClN2O4. The molecule has 6 nitrogen and oxygen atoms in total. The highest BCUT2D eigenvalue weighted by Crippen LogP contribution is 2.10. The van der Waals surface area contributed by atoms with E-state index in [4.69, 9.17) is 16.3 Å². The van der Waals surface area contributed by atoms with Gasteiger partial charge in [0.25, 0.3) is 5.91 Å². The molecular weight excluding hydrogens is 356 g/mol. The number of benzene rings is 2. The predicted molar refractivity (Wildman–Crippen MR) is 99.6 cm³/mol. The zero-order valence-electron chi connectivity index (χ0n) is 13.9. The molecule has 0 heterocycles. The highest BCUT2D eigenvalue weighted by molar-refractivity contribution is 6.30. The molecule has 0 fully saturated rings. The number of para-hydroxylation sites is 1. The lowest BCUT2D eigenvalue weighted by molar-refractivity contribution is -0.149. The lowest BCUT2D eigenvalue weighted by Crippen LogP contribution is -2.41. The normalized spacial score (nSPS) is 11.6. The summed E-state index contributed by atoms with van der Waals surface area (Å²) in [5, 5.41) is 5.19. The van der Waals surface area contributed by atoms with Crippen LogP contribution in [0, 0.1) is 0 Å². The third-order valence-corrected chi connectivity index (χ3v) is 3.46. The summed E-state index contributed by atoms with van der Waals surface area (Å²) in [5.74, 6) is -1.43. The van der Waals surface area contributed by atoms with Crippen molar-refractivity contribution in [3.63, 3.8) is 0 Å². The molecule has 1 unspecified atom stereocenters. The van der Waals surface area contributed by atoms with Crippen molar-refractivity contribution in [2.24, 2.45) is 0 Å². The Labute approximate surface area is 155 Å². The Morgan fingerprint density at radius 1 is 1.04 bits per heavy atom. The van der Waals surface area contributed by atoms with Crippen molar-refractivity contribution in [3.8, 4) is 0 Å². The number of carbonyl (C=O) groups excluding carboxylic acids is 3. The molecule has 0 aliphatic carbocycles. The molecule has 2 rings (SSSR count). The average molecular weight is 373 g/mol. The molecule has 0 saturated heterocycles. The average Bonchev–Trinajstić information content (AvgIpc) is 2.62. The third kappa shape index (κ3) is 6.41. The Balaban J connectivity index is 1.81. The monoisotopic (exact) mass is 372 g/mol. The number of imide groups is 1. The maximum Gasteiger partial charge on any atom is 0.331 e. The summed E-state index contributed by atoms with van der Waals surface area (Å²) in [6.07, 6.45) is 1.60. The van der Waals surface area contributed by atoms with Gasteiger partial charge in [-0.25, -0.2) is 9.59 Å². The maximum atomic E-state index is 11.9. The molecule has 0 aliphatic rings. The summed E-state index contributed by atoms with van der Waals surface area (Å²) in [4.78, 5) is 35.4. The molecule has 134 valence electrons. The van der Waals surface area contributed by atoms with Gasteiger partial charge in [0, 0.05) is 16.8 Å². The van der Waals surface area contributed by atoms with E-state index in [9.17, 15) is 14.4 Å². The number of anilines is 1. The lowest BCUT2D eigenvalue weighted by atomic mass is 10.2. The van der Waals surface area contributed by atoms with Crippen LogP contribution >= 0.6 is 11.6 Å². The van der Waals surface area contributed by atoms with Crippen LogP contribution in [0.3, 0.4) is 0 Å². The second-order valence-corrected chi connectivity index (χ2v) is 5.71. The van der Waals surface area contributed by atoms with Crippen molar-refractivity contribution in [2.45, 2.75) is 13.0 Å². The van der Waals surface area contributed by atoms with E-state index < -0.39 is 24.0 Å². The van der Waals surface area contributed by atoms with Crippen molar-refractivity contribution in [3.05, 3.63) is 71.3 Å². The van der Waals surface area contributed by atoms with E-state index in [-0.39, 0.29) is 0 Å². The van der Waals surface area contributed by atoms with Crippen LogP contribution in [0.4, 0.5) is 10.5 Å². The Morgan fingerprint density at radius 3 is 2.35 bits per heavy atom. The van der Waals surface area contributed by atoms with Gasteiger partial charge < -0.3 is 10.1 Å². The summed E-state index contributed by atoms with van der Waals surface area (Å²) < 4.78 is 4.96. The number of amides is 3. The van der Waals surface area contributed by atoms with Crippen LogP contribution in [0.1, 0.15) is 12.5 Å². The number of hydrogen-bond acceptors (Lipinski definition) is 4. The minimum absolute atomic E-state index is 0.536. The fourth-order valence-electron chi connectivity index (χ4n) is 1.90. The molecule has 7 heteroatoms. The van der Waals surface area contributed by atoms with E-state index in [2.05, 4.69) is 10.6 Å². The van der Waals surface area contributed by atoms with Gasteiger partial charge in [0.1, 0.15) is 0 Å². The Kier molecular flexibility index (Phi) is 6.93. The zero-order valence-corrected chi connectivity index (χ0v) is 14.7. The largest absolute Gasteiger partial charge is 0.449 e. The minimum atomic E-state index is -1.13. The molecule has 1 atom stereocenters. The topological polar surface area (TPSA) is 84.5 Å². The van der Waals surface area contributed by atoms with Crippen molar-refractivity contribution in [2.75, 3.05) is 5.32 Å². The van der Waals surface area contributed by atoms with Gasteiger partial charge in [0.15, 0.2) is 6.10 Å². The van der Waals surface area contributed by atoms with Crippen LogP contribution in [0.25, 0.3) is 6.08 Å². The van der Waals surface area contributed by atoms with Crippen LogP contribution in [-0.2, 0) is 14.3 Å². The quantitative estimate of drug-likeness (QED) is 0.620. The van der Waals surface area contributed by atoms with E-state index in [0.717, 1.165) is 5.56 Å². The first-order valence-corrected chi connectivity index (χ1v) is 8.13. The van der Waals surface area contributed by atoms with Crippen LogP contribution in [-0.4, -0.2) is 24.0 Å². The third-order valence-electron chi connectivity index (χ3n) is 3.21. The highest BCUT2D eigenvalue weighted by Gasteiger charge is 2.19. The number of hydrogen-bond donors (Lipinski definition) is 2. The van der Waals surface area contributed by atoms with Gasteiger partial charge in [-0.3, -0.25) is 10.1 Å². The number of urea groups is 1. The van der Waals surface area contributed by atoms with E-state index >= 15 is 0 Å². The summed E-state index contributed by atoms with van der Waals surface area (Å²) in [6.45, 7) is 1.37. The van der Waals surface area contributed by atoms with E-state index in [1.807, 2.05) is 0 Å². The number of halogens is 1. The van der Waals surface area contributed by atoms with E-state index in [1.54, 1.807) is 54.6 Å². The summed E-state index contributed by atoms with van der Waals surface area (Å²) in [7, 11) is 0. The van der Waals surface area contributed by atoms with Gasteiger partial charge in [-0.05, 0) is 42.8 Å². The smallest absolute Gasteiger partial charge is 0.331 e. The molecule has 2 N–H and O–H groups in total. The molecule has 2 aromatic rings. The predicted octanol–water partition coefficient (Wildman–Crippen LogP) is 3.63. The fourth-order valence-corrected chi connectivity index (χ4v) is 2.03. The zero-order chi connectivity index (χ0) is 18.9. The molecule has 0 bridgehead atoms. The number of carbonyl (C=O) groups is 3. The molecule has 26 heavy (non-hydrogen) atoms. The summed E-state index contributed by atoms with van der Waals surface area (Å²) >= 11 is 5.78. The van der Waals surface area contributed by atoms with Crippen LogP contribution in [0.2, 0.25) is 5.02 Å². The number of rotatable bonds is 5. The maximum absolute atomic E-state index is 11.9. The molecule has 0 saturated carbocycles. The SMILES string of the molecule is CC(OC(=O)/C=C/c1ccc(Cl)cc1)C(=O)NC(=O)Nc1ccccc1. The molecule has 0 aliphatic heterocycles. The number of ether oxygens (including phenoxy) is 1. The summed E-state index contributed by atoms with van der Waals surface area (Å²) in [6, 6.07) is 14.8. The molecule has 0 aromatic heterocycles. The van der Waals surface area contributed by atoms with Gasteiger partial charge >= 0.3 is 12.0 Å². The van der Waals surface area contributed by atoms with Crippen LogP contribution < -0.4 is 10.6 Å². The van der Waals surface area contributed by atoms with Crippen molar-refractivity contribution in [1.82, 2.24) is 5.32 Å². The number of esters is 1. The molecule has 0 spiro atoms. The fraction of sp³-hybridized carbons (Fsp3) is 0.105. The van der Waals surface area contributed by atoms with Crippen molar-refractivity contribution in [1.29, 1.82) is 0 Å². The highest BCUT2D eigenvalue weighted by atomic mass is 35.5. The number of nitrogens with one attached hydrogen (secondary N) is 2. The van der Waals surface area contributed by atoms with E-state index in [1.165, 1.54) is 19.1 Å². The molecule has 0 radical (unpaired) electrons. The first-order chi connectivity index (χ1) is 12.4. The van der Waals surface area contributed by atoms with Gasteiger partial charge in [0.2, 0.25) is 0 Å². The van der Waals surface area contributed by atoms with Crippen LogP contribution in [0.15, 0.2) is 60.7 Å². The van der Waals surface area contributed by atoms with Gasteiger partial charge in [-0.1, -0.05) is 41.9 Å². The Hall–Kier alpha value is -3.12. The first-order valence-electron chi connectivity index (χ1n) is 7.75. The first kappa shape index (κ1) is 19.2. The Bertz CT molecular complexity index is 804. The van der Waals surface area contributed by atoms with Crippen molar-refractivity contribution < 1.29 is 19.1 Å². The van der Waals surface area contributed by atoms with Gasteiger partial charge in [0.05, 0.1) is 0 Å². The Morgan fingerprint density at radius 2 is 1.69 bits per heavy atom.